The minimum Gasteiger partial charge on any atom is -0.388 e. The van der Waals surface area contributed by atoms with E-state index in [1.165, 1.54) is 37.7 Å². The third-order valence-corrected chi connectivity index (χ3v) is 5.02. The molecule has 112 valence electrons. The van der Waals surface area contributed by atoms with Gasteiger partial charge in [0.2, 0.25) is 0 Å². The smallest absolute Gasteiger partial charge is 0.0820 e. The van der Waals surface area contributed by atoms with E-state index in [-0.39, 0.29) is 11.5 Å². The Labute approximate surface area is 124 Å². The van der Waals surface area contributed by atoms with Crippen molar-refractivity contribution in [3.8, 4) is 0 Å². The van der Waals surface area contributed by atoms with Crippen LogP contribution in [0.2, 0.25) is 0 Å². The van der Waals surface area contributed by atoms with Crippen molar-refractivity contribution in [2.75, 3.05) is 0 Å². The number of aliphatic hydroxyl groups is 1. The molecule has 0 heterocycles. The molecule has 1 nitrogen and oxygen atoms in total. The van der Waals surface area contributed by atoms with Crippen LogP contribution >= 0.6 is 0 Å². The molecule has 3 unspecified atom stereocenters. The molecule has 0 aromatic heterocycles. The molecule has 1 N–H and O–H groups in total. The van der Waals surface area contributed by atoms with E-state index in [0.717, 1.165) is 5.56 Å². The Bertz CT molecular complexity index is 412. The van der Waals surface area contributed by atoms with Gasteiger partial charge in [-0.15, -0.1) is 0 Å². The summed E-state index contributed by atoms with van der Waals surface area (Å²) >= 11 is 0. The maximum atomic E-state index is 10.7. The van der Waals surface area contributed by atoms with Gasteiger partial charge in [0.05, 0.1) is 6.10 Å². The van der Waals surface area contributed by atoms with E-state index in [1.54, 1.807) is 0 Å². The predicted octanol–water partition coefficient (Wildman–Crippen LogP) is 5.23. The molecule has 1 aromatic rings. The van der Waals surface area contributed by atoms with Crippen LogP contribution in [0.3, 0.4) is 0 Å². The fourth-order valence-corrected chi connectivity index (χ4v) is 3.59. The van der Waals surface area contributed by atoms with Crippen LogP contribution < -0.4 is 0 Å². The van der Waals surface area contributed by atoms with Crippen molar-refractivity contribution in [3.63, 3.8) is 0 Å². The molecule has 0 amide bonds. The van der Waals surface area contributed by atoms with Gasteiger partial charge in [-0.1, -0.05) is 77.6 Å². The monoisotopic (exact) mass is 274 g/mol. The number of benzene rings is 1. The van der Waals surface area contributed by atoms with E-state index in [9.17, 15) is 5.11 Å². The van der Waals surface area contributed by atoms with E-state index >= 15 is 0 Å². The summed E-state index contributed by atoms with van der Waals surface area (Å²) < 4.78 is 0. The normalized spacial score (nSPS) is 25.4. The number of hydrogen-bond donors (Lipinski definition) is 1. The maximum absolute atomic E-state index is 10.7. The molecule has 0 radical (unpaired) electrons. The molecule has 0 bridgehead atoms. The first-order valence-corrected chi connectivity index (χ1v) is 8.22. The summed E-state index contributed by atoms with van der Waals surface area (Å²) in [6.45, 7) is 8.95. The topological polar surface area (TPSA) is 20.2 Å². The molecule has 3 atom stereocenters. The SMILES string of the molecule is CCC1CCCCC1C(O)c1ccc(C(C)(C)C)cc1. The highest BCUT2D eigenvalue weighted by molar-refractivity contribution is 5.29. The van der Waals surface area contributed by atoms with Crippen molar-refractivity contribution >= 4 is 0 Å². The molecule has 1 aromatic carbocycles. The van der Waals surface area contributed by atoms with Crippen molar-refractivity contribution in [3.05, 3.63) is 35.4 Å². The molecule has 20 heavy (non-hydrogen) atoms. The van der Waals surface area contributed by atoms with Gasteiger partial charge in [0, 0.05) is 0 Å². The van der Waals surface area contributed by atoms with Crippen molar-refractivity contribution < 1.29 is 5.11 Å². The minimum atomic E-state index is -0.283. The Balaban J connectivity index is 2.14. The second-order valence-corrected chi connectivity index (χ2v) is 7.43. The molecule has 1 saturated carbocycles. The molecule has 1 aliphatic carbocycles. The first kappa shape index (κ1) is 15.6. The zero-order valence-electron chi connectivity index (χ0n) is 13.5. The van der Waals surface area contributed by atoms with Crippen LogP contribution in [0.25, 0.3) is 0 Å². The molecule has 2 rings (SSSR count). The lowest BCUT2D eigenvalue weighted by molar-refractivity contribution is 0.0452. The summed E-state index contributed by atoms with van der Waals surface area (Å²) in [5.41, 5.74) is 2.62. The molecule has 0 spiro atoms. The number of aliphatic hydroxyl groups excluding tert-OH is 1. The second-order valence-electron chi connectivity index (χ2n) is 7.43. The van der Waals surface area contributed by atoms with E-state index in [4.69, 9.17) is 0 Å². The van der Waals surface area contributed by atoms with Gasteiger partial charge in [-0.05, 0) is 34.8 Å². The van der Waals surface area contributed by atoms with E-state index in [0.29, 0.717) is 11.8 Å². The maximum Gasteiger partial charge on any atom is 0.0820 e. The quantitative estimate of drug-likeness (QED) is 0.799. The van der Waals surface area contributed by atoms with Crippen molar-refractivity contribution in [1.82, 2.24) is 0 Å². The predicted molar refractivity (Wildman–Crippen MR) is 85.8 cm³/mol. The zero-order valence-corrected chi connectivity index (χ0v) is 13.5. The molecule has 0 saturated heterocycles. The lowest BCUT2D eigenvalue weighted by Crippen LogP contribution is -2.25. The Morgan fingerprint density at radius 1 is 1.10 bits per heavy atom. The van der Waals surface area contributed by atoms with Crippen molar-refractivity contribution in [2.24, 2.45) is 11.8 Å². The first-order valence-electron chi connectivity index (χ1n) is 8.22. The standard InChI is InChI=1S/C19H30O/c1-5-14-8-6-7-9-17(14)18(20)15-10-12-16(13-11-15)19(2,3)4/h10-14,17-18,20H,5-9H2,1-4H3. The summed E-state index contributed by atoms with van der Waals surface area (Å²) in [6.07, 6.45) is 6.00. The van der Waals surface area contributed by atoms with E-state index in [1.807, 2.05) is 0 Å². The van der Waals surface area contributed by atoms with Crippen molar-refractivity contribution in [2.45, 2.75) is 71.3 Å². The van der Waals surface area contributed by atoms with Gasteiger partial charge >= 0.3 is 0 Å². The summed E-state index contributed by atoms with van der Waals surface area (Å²) in [5, 5.41) is 10.7. The number of rotatable bonds is 3. The van der Waals surface area contributed by atoms with Gasteiger partial charge in [-0.3, -0.25) is 0 Å². The lowest BCUT2D eigenvalue weighted by atomic mass is 9.73. The Hall–Kier alpha value is -0.820. The third-order valence-electron chi connectivity index (χ3n) is 5.02. The van der Waals surface area contributed by atoms with Crippen LogP contribution in [0.5, 0.6) is 0 Å². The molecule has 1 heteroatoms. The molecule has 1 fully saturated rings. The average Bonchev–Trinajstić information content (AvgIpc) is 2.45. The fourth-order valence-electron chi connectivity index (χ4n) is 3.59. The molecular weight excluding hydrogens is 244 g/mol. The van der Waals surface area contributed by atoms with Gasteiger partial charge in [0.15, 0.2) is 0 Å². The second kappa shape index (κ2) is 6.30. The summed E-state index contributed by atoms with van der Waals surface area (Å²) in [4.78, 5) is 0. The highest BCUT2D eigenvalue weighted by atomic mass is 16.3. The highest BCUT2D eigenvalue weighted by Gasteiger charge is 2.30. The van der Waals surface area contributed by atoms with Crippen LogP contribution in [0.15, 0.2) is 24.3 Å². The van der Waals surface area contributed by atoms with Gasteiger partial charge < -0.3 is 5.11 Å². The zero-order chi connectivity index (χ0) is 14.8. The van der Waals surface area contributed by atoms with Crippen molar-refractivity contribution in [1.29, 1.82) is 0 Å². The Morgan fingerprint density at radius 3 is 2.25 bits per heavy atom. The fraction of sp³-hybridized carbons (Fsp3) is 0.684. The van der Waals surface area contributed by atoms with Gasteiger partial charge in [-0.2, -0.15) is 0 Å². The van der Waals surface area contributed by atoms with Crippen LogP contribution in [0.1, 0.15) is 77.0 Å². The van der Waals surface area contributed by atoms with Gasteiger partial charge in [0.1, 0.15) is 0 Å². The Kier molecular flexibility index (Phi) is 4.90. The first-order chi connectivity index (χ1) is 9.43. The average molecular weight is 274 g/mol. The largest absolute Gasteiger partial charge is 0.388 e. The van der Waals surface area contributed by atoms with E-state index in [2.05, 4.69) is 52.0 Å². The minimum absolute atomic E-state index is 0.181. The van der Waals surface area contributed by atoms with Crippen LogP contribution in [-0.2, 0) is 5.41 Å². The third kappa shape index (κ3) is 3.44. The molecule has 1 aliphatic rings. The highest BCUT2D eigenvalue weighted by Crippen LogP contribution is 2.40. The van der Waals surface area contributed by atoms with Gasteiger partial charge in [0.25, 0.3) is 0 Å². The molecular formula is C19H30O. The summed E-state index contributed by atoms with van der Waals surface area (Å²) in [6, 6.07) is 8.63. The van der Waals surface area contributed by atoms with Gasteiger partial charge in [-0.25, -0.2) is 0 Å². The lowest BCUT2D eigenvalue weighted by Gasteiger charge is -2.34. The molecule has 0 aliphatic heterocycles. The summed E-state index contributed by atoms with van der Waals surface area (Å²) in [5.74, 6) is 1.15. The number of hydrogen-bond acceptors (Lipinski definition) is 1. The van der Waals surface area contributed by atoms with Crippen LogP contribution in [0, 0.1) is 11.8 Å². The summed E-state index contributed by atoms with van der Waals surface area (Å²) in [7, 11) is 0. The van der Waals surface area contributed by atoms with E-state index < -0.39 is 0 Å². The Morgan fingerprint density at radius 2 is 1.70 bits per heavy atom. The van der Waals surface area contributed by atoms with Crippen LogP contribution in [-0.4, -0.2) is 5.11 Å². The van der Waals surface area contributed by atoms with Crippen LogP contribution in [0.4, 0.5) is 0 Å².